The first-order chi connectivity index (χ1) is 11.7. The van der Waals surface area contributed by atoms with E-state index < -0.39 is 0 Å². The van der Waals surface area contributed by atoms with Gasteiger partial charge in [0, 0.05) is 12.2 Å². The Morgan fingerprint density at radius 3 is 2.42 bits per heavy atom. The molecule has 0 aliphatic heterocycles. The Morgan fingerprint density at radius 2 is 1.71 bits per heavy atom. The fourth-order valence-electron chi connectivity index (χ4n) is 2.50. The number of nitrogens with zero attached hydrogens (tertiary/aromatic N) is 1. The van der Waals surface area contributed by atoms with E-state index >= 15 is 0 Å². The van der Waals surface area contributed by atoms with Gasteiger partial charge in [0.05, 0.1) is 12.8 Å². The summed E-state index contributed by atoms with van der Waals surface area (Å²) in [6.07, 6.45) is 1.62. The molecule has 2 aromatic carbocycles. The summed E-state index contributed by atoms with van der Waals surface area (Å²) < 4.78 is 5.40. The highest BCUT2D eigenvalue weighted by Gasteiger charge is 2.16. The third kappa shape index (κ3) is 4.04. The van der Waals surface area contributed by atoms with Crippen LogP contribution in [-0.2, 0) is 13.1 Å². The molecule has 0 aliphatic carbocycles. The Hall–Kier alpha value is -3.01. The van der Waals surface area contributed by atoms with Gasteiger partial charge in [0.1, 0.15) is 5.76 Å². The summed E-state index contributed by atoms with van der Waals surface area (Å²) in [7, 11) is 0. The Bertz CT molecular complexity index is 782. The van der Waals surface area contributed by atoms with Gasteiger partial charge in [-0.3, -0.25) is 0 Å². The molecule has 4 nitrogen and oxygen atoms in total. The Morgan fingerprint density at radius 1 is 0.958 bits per heavy atom. The normalized spacial score (nSPS) is 10.4. The van der Waals surface area contributed by atoms with Crippen molar-refractivity contribution in [1.82, 2.24) is 4.90 Å². The topological polar surface area (TPSA) is 45.5 Å². The lowest BCUT2D eigenvalue weighted by Gasteiger charge is -2.23. The molecule has 0 fully saturated rings. The molecule has 3 rings (SSSR count). The summed E-state index contributed by atoms with van der Waals surface area (Å²) in [6.45, 7) is 2.91. The van der Waals surface area contributed by atoms with Crippen molar-refractivity contribution in [2.45, 2.75) is 20.0 Å². The summed E-state index contributed by atoms with van der Waals surface area (Å²) >= 11 is 0. The summed E-state index contributed by atoms with van der Waals surface area (Å²) in [5.41, 5.74) is 2.92. The highest BCUT2D eigenvalue weighted by molar-refractivity contribution is 5.90. The monoisotopic (exact) mass is 320 g/mol. The highest BCUT2D eigenvalue weighted by Crippen LogP contribution is 2.16. The summed E-state index contributed by atoms with van der Waals surface area (Å²) in [4.78, 5) is 14.5. The lowest BCUT2D eigenvalue weighted by molar-refractivity contribution is 0.201. The zero-order chi connectivity index (χ0) is 16.8. The molecule has 24 heavy (non-hydrogen) atoms. The molecule has 122 valence electrons. The number of para-hydroxylation sites is 1. The van der Waals surface area contributed by atoms with Crippen molar-refractivity contribution < 1.29 is 9.21 Å². The lowest BCUT2D eigenvalue weighted by Crippen LogP contribution is -2.34. The number of anilines is 1. The van der Waals surface area contributed by atoms with Gasteiger partial charge in [-0.2, -0.15) is 0 Å². The van der Waals surface area contributed by atoms with Crippen LogP contribution in [0.3, 0.4) is 0 Å². The van der Waals surface area contributed by atoms with E-state index in [2.05, 4.69) is 5.32 Å². The molecule has 3 aromatic rings. The van der Waals surface area contributed by atoms with E-state index in [1.807, 2.05) is 73.7 Å². The summed E-state index contributed by atoms with van der Waals surface area (Å²) in [5, 5.41) is 2.99. The number of furan rings is 1. The smallest absolute Gasteiger partial charge is 0.322 e. The molecule has 1 N–H and O–H groups in total. The Kier molecular flexibility index (Phi) is 4.96. The SMILES string of the molecule is Cc1ccccc1NC(=O)N(Cc1ccccc1)Cc1ccco1. The van der Waals surface area contributed by atoms with Crippen LogP contribution < -0.4 is 5.32 Å². The molecule has 4 heteroatoms. The van der Waals surface area contributed by atoms with E-state index in [9.17, 15) is 4.79 Å². The van der Waals surface area contributed by atoms with Crippen molar-refractivity contribution >= 4 is 11.7 Å². The molecule has 0 spiro atoms. The van der Waals surface area contributed by atoms with Gasteiger partial charge in [0.15, 0.2) is 0 Å². The minimum absolute atomic E-state index is 0.149. The summed E-state index contributed by atoms with van der Waals surface area (Å²) in [6, 6.07) is 21.2. The third-order valence-electron chi connectivity index (χ3n) is 3.82. The van der Waals surface area contributed by atoms with Crippen LogP contribution in [0.25, 0.3) is 0 Å². The van der Waals surface area contributed by atoms with Crippen molar-refractivity contribution in [3.63, 3.8) is 0 Å². The first-order valence-electron chi connectivity index (χ1n) is 7.90. The van der Waals surface area contributed by atoms with Gasteiger partial charge >= 0.3 is 6.03 Å². The molecular weight excluding hydrogens is 300 g/mol. The van der Waals surface area contributed by atoms with Crippen molar-refractivity contribution in [1.29, 1.82) is 0 Å². The fourth-order valence-corrected chi connectivity index (χ4v) is 2.50. The third-order valence-corrected chi connectivity index (χ3v) is 3.82. The van der Waals surface area contributed by atoms with E-state index in [1.54, 1.807) is 11.2 Å². The second-order valence-corrected chi connectivity index (χ2v) is 5.67. The maximum absolute atomic E-state index is 12.8. The number of urea groups is 1. The van der Waals surface area contributed by atoms with Crippen LogP contribution in [0.15, 0.2) is 77.4 Å². The second kappa shape index (κ2) is 7.51. The van der Waals surface area contributed by atoms with Crippen molar-refractivity contribution in [2.24, 2.45) is 0 Å². The fraction of sp³-hybridized carbons (Fsp3) is 0.150. The minimum atomic E-state index is -0.149. The molecular formula is C20H20N2O2. The van der Waals surface area contributed by atoms with Gasteiger partial charge in [0.25, 0.3) is 0 Å². The van der Waals surface area contributed by atoms with Crippen LogP contribution in [0.4, 0.5) is 10.5 Å². The first kappa shape index (κ1) is 15.9. The van der Waals surface area contributed by atoms with E-state index in [1.165, 1.54) is 0 Å². The van der Waals surface area contributed by atoms with Crippen molar-refractivity contribution in [3.05, 3.63) is 89.9 Å². The summed E-state index contributed by atoms with van der Waals surface area (Å²) in [5.74, 6) is 0.755. The standard InChI is InChI=1S/C20H20N2O2/c1-16-8-5-6-12-19(16)21-20(23)22(15-18-11-7-13-24-18)14-17-9-3-2-4-10-17/h2-13H,14-15H2,1H3,(H,21,23). The maximum Gasteiger partial charge on any atom is 0.322 e. The number of aryl methyl sites for hydroxylation is 1. The van der Waals surface area contributed by atoms with Crippen LogP contribution in [0.1, 0.15) is 16.9 Å². The number of hydrogen-bond donors (Lipinski definition) is 1. The number of nitrogens with one attached hydrogen (secondary N) is 1. The predicted octanol–water partition coefficient (Wildman–Crippen LogP) is 4.82. The van der Waals surface area contributed by atoms with E-state index in [4.69, 9.17) is 4.42 Å². The Balaban J connectivity index is 1.77. The number of carbonyl (C=O) groups excluding carboxylic acids is 1. The number of amides is 2. The maximum atomic E-state index is 12.8. The molecule has 1 heterocycles. The zero-order valence-electron chi connectivity index (χ0n) is 13.6. The van der Waals surface area contributed by atoms with E-state index in [0.29, 0.717) is 13.1 Å². The van der Waals surface area contributed by atoms with Gasteiger partial charge in [-0.1, -0.05) is 48.5 Å². The number of carbonyl (C=O) groups is 1. The molecule has 0 saturated heterocycles. The largest absolute Gasteiger partial charge is 0.467 e. The number of benzene rings is 2. The molecule has 0 aliphatic rings. The highest BCUT2D eigenvalue weighted by atomic mass is 16.3. The lowest BCUT2D eigenvalue weighted by atomic mass is 10.2. The first-order valence-corrected chi connectivity index (χ1v) is 7.90. The molecule has 0 radical (unpaired) electrons. The Labute approximate surface area is 141 Å². The predicted molar refractivity (Wildman–Crippen MR) is 94.6 cm³/mol. The molecule has 0 unspecified atom stereocenters. The van der Waals surface area contributed by atoms with Gasteiger partial charge in [-0.15, -0.1) is 0 Å². The van der Waals surface area contributed by atoms with Gasteiger partial charge < -0.3 is 14.6 Å². The minimum Gasteiger partial charge on any atom is -0.467 e. The van der Waals surface area contributed by atoms with E-state index in [0.717, 1.165) is 22.6 Å². The quantitative estimate of drug-likeness (QED) is 0.732. The van der Waals surface area contributed by atoms with Gasteiger partial charge in [0.2, 0.25) is 0 Å². The van der Waals surface area contributed by atoms with Crippen LogP contribution in [0.5, 0.6) is 0 Å². The van der Waals surface area contributed by atoms with E-state index in [-0.39, 0.29) is 6.03 Å². The second-order valence-electron chi connectivity index (χ2n) is 5.67. The van der Waals surface area contributed by atoms with Crippen LogP contribution in [0.2, 0.25) is 0 Å². The zero-order valence-corrected chi connectivity index (χ0v) is 13.6. The average Bonchev–Trinajstić information content (AvgIpc) is 3.10. The molecule has 2 amide bonds. The van der Waals surface area contributed by atoms with Crippen LogP contribution >= 0.6 is 0 Å². The van der Waals surface area contributed by atoms with Gasteiger partial charge in [-0.05, 0) is 36.2 Å². The van der Waals surface area contributed by atoms with Crippen LogP contribution in [-0.4, -0.2) is 10.9 Å². The molecule has 1 aromatic heterocycles. The van der Waals surface area contributed by atoms with Gasteiger partial charge in [-0.25, -0.2) is 4.79 Å². The molecule has 0 bridgehead atoms. The number of rotatable bonds is 5. The molecule has 0 atom stereocenters. The van der Waals surface area contributed by atoms with Crippen LogP contribution in [0, 0.1) is 6.92 Å². The molecule has 0 saturated carbocycles. The van der Waals surface area contributed by atoms with Crippen molar-refractivity contribution in [2.75, 3.05) is 5.32 Å². The van der Waals surface area contributed by atoms with Crippen molar-refractivity contribution in [3.8, 4) is 0 Å². The number of hydrogen-bond acceptors (Lipinski definition) is 2. The average molecular weight is 320 g/mol.